The molecule has 0 radical (unpaired) electrons. The lowest BCUT2D eigenvalue weighted by atomic mass is 9.55. The molecule has 5 rings (SSSR count). The van der Waals surface area contributed by atoms with Gasteiger partial charge in [-0.15, -0.1) is 0 Å². The molecule has 1 aromatic rings. The fourth-order valence-corrected chi connectivity index (χ4v) is 6.69. The first kappa shape index (κ1) is 15.6. The molecule has 5 atom stereocenters. The molecule has 1 spiro atoms. The van der Waals surface area contributed by atoms with E-state index >= 15 is 0 Å². The molecule has 2 saturated heterocycles. The van der Waals surface area contributed by atoms with Gasteiger partial charge in [0.05, 0.1) is 6.04 Å². The first-order valence-corrected chi connectivity index (χ1v) is 9.52. The predicted octanol–water partition coefficient (Wildman–Crippen LogP) is 2.32. The Morgan fingerprint density at radius 2 is 2.20 bits per heavy atom. The maximum Gasteiger partial charge on any atom is 0.224 e. The number of rotatable bonds is 1. The van der Waals surface area contributed by atoms with Crippen LogP contribution in [-0.4, -0.2) is 47.7 Å². The van der Waals surface area contributed by atoms with Gasteiger partial charge >= 0.3 is 0 Å². The summed E-state index contributed by atoms with van der Waals surface area (Å²) in [6.07, 6.45) is 4.44. The van der Waals surface area contributed by atoms with Crippen LogP contribution in [0.25, 0.3) is 0 Å². The van der Waals surface area contributed by atoms with Crippen molar-refractivity contribution in [3.8, 4) is 0 Å². The number of anilines is 1. The average Bonchev–Trinajstić information content (AvgIpc) is 3.15. The van der Waals surface area contributed by atoms with E-state index in [9.17, 15) is 9.90 Å². The molecule has 4 nitrogen and oxygen atoms in total. The summed E-state index contributed by atoms with van der Waals surface area (Å²) in [7, 11) is 0. The lowest BCUT2D eigenvalue weighted by molar-refractivity contribution is -0.118. The minimum atomic E-state index is -0.00850. The van der Waals surface area contributed by atoms with Crippen molar-refractivity contribution in [1.29, 1.82) is 0 Å². The van der Waals surface area contributed by atoms with Crippen molar-refractivity contribution in [2.45, 2.75) is 44.2 Å². The van der Waals surface area contributed by atoms with Crippen molar-refractivity contribution in [3.05, 3.63) is 41.5 Å². The van der Waals surface area contributed by atoms with Gasteiger partial charge in [-0.3, -0.25) is 9.69 Å². The molecular formula is C21H26N2O2. The smallest absolute Gasteiger partial charge is 0.224 e. The molecule has 0 unspecified atom stereocenters. The van der Waals surface area contributed by atoms with Crippen LogP contribution in [-0.2, 0) is 10.2 Å². The first-order chi connectivity index (χ1) is 12.1. The van der Waals surface area contributed by atoms with Crippen molar-refractivity contribution >= 4 is 11.6 Å². The Bertz CT molecular complexity index is 773. The van der Waals surface area contributed by atoms with E-state index in [1.165, 1.54) is 11.1 Å². The first-order valence-electron chi connectivity index (χ1n) is 9.52. The van der Waals surface area contributed by atoms with Crippen LogP contribution in [0.1, 0.15) is 32.3 Å². The normalized spacial score (nSPS) is 40.3. The molecule has 132 valence electrons. The Kier molecular flexibility index (Phi) is 3.23. The number of carbonyl (C=O) groups excluding carboxylic acids is 1. The minimum Gasteiger partial charge on any atom is -0.396 e. The summed E-state index contributed by atoms with van der Waals surface area (Å²) in [5.41, 5.74) is 3.86. The Morgan fingerprint density at radius 1 is 1.40 bits per heavy atom. The summed E-state index contributed by atoms with van der Waals surface area (Å²) in [6, 6.07) is 9.04. The minimum absolute atomic E-state index is 0.00850. The standard InChI is InChI=1S/C21H26N2O2/c1-3-14-11-22-9-8-21-17-6-4-5-7-18(17)23(13(2)25)20(21)16(12-24)15(14)10-19(21)22/h3-7,15-16,19-20,24H,8-12H2,1-2H3/t15-,16-,19-,20-,21+/m1/s1. The lowest BCUT2D eigenvalue weighted by Crippen LogP contribution is -2.65. The van der Waals surface area contributed by atoms with E-state index < -0.39 is 0 Å². The molecule has 1 N–H and O–H groups in total. The lowest BCUT2D eigenvalue weighted by Gasteiger charge is -2.56. The number of para-hydroxylation sites is 1. The zero-order valence-corrected chi connectivity index (χ0v) is 15.0. The second kappa shape index (κ2) is 5.18. The van der Waals surface area contributed by atoms with Crippen molar-refractivity contribution < 1.29 is 9.90 Å². The summed E-state index contributed by atoms with van der Waals surface area (Å²) in [4.78, 5) is 17.3. The summed E-state index contributed by atoms with van der Waals surface area (Å²) < 4.78 is 0. The second-order valence-electron chi connectivity index (χ2n) is 8.18. The molecule has 1 aromatic carbocycles. The van der Waals surface area contributed by atoms with Crippen molar-refractivity contribution in [2.24, 2.45) is 11.8 Å². The average molecular weight is 338 g/mol. The van der Waals surface area contributed by atoms with Crippen LogP contribution in [0.5, 0.6) is 0 Å². The Morgan fingerprint density at radius 3 is 2.92 bits per heavy atom. The molecule has 4 heteroatoms. The van der Waals surface area contributed by atoms with Crippen molar-refractivity contribution in [3.63, 3.8) is 0 Å². The Labute approximate surface area is 149 Å². The number of nitrogens with zero attached hydrogens (tertiary/aromatic N) is 2. The van der Waals surface area contributed by atoms with Gasteiger partial charge in [0, 0.05) is 43.1 Å². The van der Waals surface area contributed by atoms with Crippen molar-refractivity contribution in [1.82, 2.24) is 4.90 Å². The number of carbonyl (C=O) groups is 1. The predicted molar refractivity (Wildman–Crippen MR) is 97.5 cm³/mol. The highest BCUT2D eigenvalue weighted by Gasteiger charge is 2.67. The number of aliphatic hydroxyl groups is 1. The number of fused-ring (bicyclic) bond motifs is 2. The molecular weight excluding hydrogens is 312 g/mol. The zero-order valence-electron chi connectivity index (χ0n) is 15.0. The quantitative estimate of drug-likeness (QED) is 0.799. The summed E-state index contributed by atoms with van der Waals surface area (Å²) in [5.74, 6) is 0.621. The van der Waals surface area contributed by atoms with Gasteiger partial charge in [0.25, 0.3) is 0 Å². The van der Waals surface area contributed by atoms with E-state index in [-0.39, 0.29) is 29.9 Å². The van der Waals surface area contributed by atoms with Crippen LogP contribution in [0.15, 0.2) is 35.9 Å². The van der Waals surface area contributed by atoms with Gasteiger partial charge in [-0.05, 0) is 43.9 Å². The van der Waals surface area contributed by atoms with Crippen LogP contribution in [0.4, 0.5) is 5.69 Å². The zero-order chi connectivity index (χ0) is 17.3. The van der Waals surface area contributed by atoms with E-state index in [0.717, 1.165) is 31.6 Å². The van der Waals surface area contributed by atoms with Crippen LogP contribution in [0.3, 0.4) is 0 Å². The van der Waals surface area contributed by atoms with Crippen LogP contribution < -0.4 is 4.90 Å². The second-order valence-corrected chi connectivity index (χ2v) is 8.18. The molecule has 2 bridgehead atoms. The molecule has 1 aliphatic carbocycles. The summed E-state index contributed by atoms with van der Waals surface area (Å²) >= 11 is 0. The highest BCUT2D eigenvalue weighted by atomic mass is 16.3. The van der Waals surface area contributed by atoms with Gasteiger partial charge in [-0.25, -0.2) is 0 Å². The van der Waals surface area contributed by atoms with Crippen LogP contribution in [0, 0.1) is 11.8 Å². The van der Waals surface area contributed by atoms with Crippen LogP contribution in [0.2, 0.25) is 0 Å². The summed E-state index contributed by atoms with van der Waals surface area (Å²) in [6.45, 7) is 6.06. The highest BCUT2D eigenvalue weighted by molar-refractivity contribution is 5.96. The SMILES string of the molecule is CC=C1CN2CC[C@@]34c5ccccc5N(C(C)=O)[C@@H]3[C@H](CO)[C@@H]1C[C@@H]24. The fourth-order valence-electron chi connectivity index (χ4n) is 6.69. The molecule has 3 fully saturated rings. The number of hydrogen-bond donors (Lipinski definition) is 1. The molecule has 0 aromatic heterocycles. The van der Waals surface area contributed by atoms with E-state index in [2.05, 4.69) is 36.1 Å². The van der Waals surface area contributed by atoms with E-state index in [0.29, 0.717) is 12.0 Å². The van der Waals surface area contributed by atoms with Crippen LogP contribution >= 0.6 is 0 Å². The Balaban J connectivity index is 1.77. The molecule has 25 heavy (non-hydrogen) atoms. The molecule has 3 heterocycles. The molecule has 4 aliphatic rings. The molecule has 1 saturated carbocycles. The van der Waals surface area contributed by atoms with Gasteiger partial charge < -0.3 is 10.0 Å². The number of benzene rings is 1. The molecule has 1 amide bonds. The van der Waals surface area contributed by atoms with E-state index in [4.69, 9.17) is 0 Å². The van der Waals surface area contributed by atoms with Gasteiger partial charge in [-0.2, -0.15) is 0 Å². The fraction of sp³-hybridized carbons (Fsp3) is 0.571. The number of piperidine rings is 1. The van der Waals surface area contributed by atoms with Gasteiger partial charge in [0.2, 0.25) is 5.91 Å². The number of amides is 1. The monoisotopic (exact) mass is 338 g/mol. The van der Waals surface area contributed by atoms with Crippen molar-refractivity contribution in [2.75, 3.05) is 24.6 Å². The third kappa shape index (κ3) is 1.72. The number of aliphatic hydroxyl groups excluding tert-OH is 1. The number of allylic oxidation sites excluding steroid dienone is 1. The maximum absolute atomic E-state index is 12.7. The Hall–Kier alpha value is -1.65. The van der Waals surface area contributed by atoms with Gasteiger partial charge in [0.1, 0.15) is 0 Å². The van der Waals surface area contributed by atoms with Gasteiger partial charge in [0.15, 0.2) is 0 Å². The largest absolute Gasteiger partial charge is 0.396 e. The van der Waals surface area contributed by atoms with E-state index in [1.807, 2.05) is 11.0 Å². The van der Waals surface area contributed by atoms with E-state index in [1.54, 1.807) is 6.92 Å². The third-order valence-electron chi connectivity index (χ3n) is 7.50. The van der Waals surface area contributed by atoms with Gasteiger partial charge in [-0.1, -0.05) is 29.8 Å². The summed E-state index contributed by atoms with van der Waals surface area (Å²) in [5, 5.41) is 10.4. The highest BCUT2D eigenvalue weighted by Crippen LogP contribution is 2.63. The maximum atomic E-state index is 12.7. The number of hydrogen-bond acceptors (Lipinski definition) is 3. The third-order valence-corrected chi connectivity index (χ3v) is 7.50. The topological polar surface area (TPSA) is 43.8 Å². The molecule has 3 aliphatic heterocycles.